The summed E-state index contributed by atoms with van der Waals surface area (Å²) in [5.41, 5.74) is 1.70. The molecule has 1 aromatic carbocycles. The van der Waals surface area contributed by atoms with E-state index in [1.807, 2.05) is 50.3 Å². The van der Waals surface area contributed by atoms with Crippen molar-refractivity contribution in [3.63, 3.8) is 0 Å². The zero-order valence-electron chi connectivity index (χ0n) is 8.79. The Kier molecular flexibility index (Phi) is 4.11. The van der Waals surface area contributed by atoms with Gasteiger partial charge in [-0.15, -0.1) is 0 Å². The fraction of sp³-hybridized carbons (Fsp3) is 0.308. The van der Waals surface area contributed by atoms with Gasteiger partial charge in [0, 0.05) is 5.56 Å². The predicted molar refractivity (Wildman–Crippen MR) is 59.4 cm³/mol. The van der Waals surface area contributed by atoms with Crippen LogP contribution >= 0.6 is 0 Å². The van der Waals surface area contributed by atoms with Crippen LogP contribution in [0.15, 0.2) is 42.0 Å². The van der Waals surface area contributed by atoms with E-state index in [0.717, 1.165) is 24.0 Å². The SMILES string of the molecule is CC/C=C(\CC)C(=O)c1ccccc1. The van der Waals surface area contributed by atoms with Crippen LogP contribution in [-0.2, 0) is 0 Å². The quantitative estimate of drug-likeness (QED) is 0.521. The molecule has 0 aliphatic heterocycles. The second-order valence-electron chi connectivity index (χ2n) is 3.19. The molecule has 74 valence electrons. The number of Topliss-reactive ketones (excluding diaryl/α,β-unsaturated/α-hetero) is 1. The minimum atomic E-state index is 0.162. The summed E-state index contributed by atoms with van der Waals surface area (Å²) in [6, 6.07) is 9.44. The van der Waals surface area contributed by atoms with E-state index < -0.39 is 0 Å². The molecule has 1 nitrogen and oxygen atoms in total. The minimum absolute atomic E-state index is 0.162. The highest BCUT2D eigenvalue weighted by Gasteiger charge is 2.08. The molecule has 0 aliphatic carbocycles. The lowest BCUT2D eigenvalue weighted by Crippen LogP contribution is -2.02. The molecular weight excluding hydrogens is 172 g/mol. The van der Waals surface area contributed by atoms with Crippen molar-refractivity contribution < 1.29 is 4.79 Å². The molecule has 0 aliphatic rings. The monoisotopic (exact) mass is 188 g/mol. The summed E-state index contributed by atoms with van der Waals surface area (Å²) in [5, 5.41) is 0. The zero-order valence-corrected chi connectivity index (χ0v) is 8.79. The maximum absolute atomic E-state index is 11.9. The summed E-state index contributed by atoms with van der Waals surface area (Å²) in [4.78, 5) is 11.9. The van der Waals surface area contributed by atoms with Gasteiger partial charge in [0.05, 0.1) is 0 Å². The van der Waals surface area contributed by atoms with Gasteiger partial charge in [-0.2, -0.15) is 0 Å². The number of benzene rings is 1. The highest BCUT2D eigenvalue weighted by Crippen LogP contribution is 2.11. The molecule has 14 heavy (non-hydrogen) atoms. The molecule has 1 heteroatoms. The van der Waals surface area contributed by atoms with E-state index in [1.165, 1.54) is 0 Å². The Balaban J connectivity index is 2.90. The van der Waals surface area contributed by atoms with E-state index in [1.54, 1.807) is 0 Å². The van der Waals surface area contributed by atoms with Gasteiger partial charge in [-0.05, 0) is 18.4 Å². The molecular formula is C13H16O. The fourth-order valence-corrected chi connectivity index (χ4v) is 1.42. The van der Waals surface area contributed by atoms with Gasteiger partial charge in [-0.25, -0.2) is 0 Å². The zero-order chi connectivity index (χ0) is 10.4. The van der Waals surface area contributed by atoms with Crippen molar-refractivity contribution in [1.29, 1.82) is 0 Å². The second-order valence-corrected chi connectivity index (χ2v) is 3.19. The molecule has 0 radical (unpaired) electrons. The van der Waals surface area contributed by atoms with Crippen molar-refractivity contribution in [2.24, 2.45) is 0 Å². The average molecular weight is 188 g/mol. The van der Waals surface area contributed by atoms with Crippen molar-refractivity contribution in [2.45, 2.75) is 26.7 Å². The van der Waals surface area contributed by atoms with Crippen LogP contribution in [0.25, 0.3) is 0 Å². The van der Waals surface area contributed by atoms with Crippen molar-refractivity contribution >= 4 is 5.78 Å². The summed E-state index contributed by atoms with van der Waals surface area (Å²) in [5.74, 6) is 0.162. The van der Waals surface area contributed by atoms with E-state index in [2.05, 4.69) is 0 Å². The largest absolute Gasteiger partial charge is 0.289 e. The first-order valence-corrected chi connectivity index (χ1v) is 5.08. The van der Waals surface area contributed by atoms with E-state index in [0.29, 0.717) is 0 Å². The van der Waals surface area contributed by atoms with Gasteiger partial charge in [0.1, 0.15) is 0 Å². The Hall–Kier alpha value is -1.37. The fourth-order valence-electron chi connectivity index (χ4n) is 1.42. The predicted octanol–water partition coefficient (Wildman–Crippen LogP) is 3.62. The standard InChI is InChI=1S/C13H16O/c1-3-8-11(4-2)13(14)12-9-6-5-7-10-12/h5-10H,3-4H2,1-2H3/b11-8+. The molecule has 0 saturated heterocycles. The van der Waals surface area contributed by atoms with Crippen LogP contribution in [-0.4, -0.2) is 5.78 Å². The number of hydrogen-bond acceptors (Lipinski definition) is 1. The molecule has 0 bridgehead atoms. The third kappa shape index (κ3) is 2.56. The van der Waals surface area contributed by atoms with Crippen LogP contribution in [0, 0.1) is 0 Å². The lowest BCUT2D eigenvalue weighted by molar-refractivity contribution is 0.103. The lowest BCUT2D eigenvalue weighted by atomic mass is 10.0. The molecule has 0 saturated carbocycles. The Morgan fingerprint density at radius 3 is 2.36 bits per heavy atom. The first kappa shape index (κ1) is 10.7. The molecule has 0 N–H and O–H groups in total. The van der Waals surface area contributed by atoms with E-state index in [9.17, 15) is 4.79 Å². The van der Waals surface area contributed by atoms with Crippen LogP contribution in [0.2, 0.25) is 0 Å². The van der Waals surface area contributed by atoms with Crippen LogP contribution in [0.4, 0.5) is 0 Å². The number of ketones is 1. The molecule has 1 rings (SSSR count). The van der Waals surface area contributed by atoms with Crippen LogP contribution < -0.4 is 0 Å². The van der Waals surface area contributed by atoms with Gasteiger partial charge >= 0.3 is 0 Å². The number of hydrogen-bond donors (Lipinski definition) is 0. The van der Waals surface area contributed by atoms with Gasteiger partial charge < -0.3 is 0 Å². The molecule has 0 unspecified atom stereocenters. The average Bonchev–Trinajstić information content (AvgIpc) is 2.26. The highest BCUT2D eigenvalue weighted by molar-refractivity contribution is 6.08. The minimum Gasteiger partial charge on any atom is -0.289 e. The van der Waals surface area contributed by atoms with Crippen LogP contribution in [0.1, 0.15) is 37.0 Å². The number of carbonyl (C=O) groups is 1. The maximum atomic E-state index is 11.9. The molecule has 1 aromatic rings. The van der Waals surface area contributed by atoms with Gasteiger partial charge in [-0.3, -0.25) is 4.79 Å². The molecule has 0 atom stereocenters. The summed E-state index contributed by atoms with van der Waals surface area (Å²) >= 11 is 0. The normalized spacial score (nSPS) is 11.4. The smallest absolute Gasteiger partial charge is 0.188 e. The van der Waals surface area contributed by atoms with Gasteiger partial charge in [0.2, 0.25) is 0 Å². The first-order valence-electron chi connectivity index (χ1n) is 5.08. The topological polar surface area (TPSA) is 17.1 Å². The van der Waals surface area contributed by atoms with Crippen molar-refractivity contribution in [1.82, 2.24) is 0 Å². The van der Waals surface area contributed by atoms with Crippen molar-refractivity contribution in [3.05, 3.63) is 47.5 Å². The molecule has 0 fully saturated rings. The van der Waals surface area contributed by atoms with Gasteiger partial charge in [0.25, 0.3) is 0 Å². The summed E-state index contributed by atoms with van der Waals surface area (Å²) in [6.07, 6.45) is 3.73. The summed E-state index contributed by atoms with van der Waals surface area (Å²) in [6.45, 7) is 4.07. The highest BCUT2D eigenvalue weighted by atomic mass is 16.1. The van der Waals surface area contributed by atoms with Crippen LogP contribution in [0.3, 0.4) is 0 Å². The Morgan fingerprint density at radius 1 is 1.21 bits per heavy atom. The van der Waals surface area contributed by atoms with E-state index >= 15 is 0 Å². The third-order valence-corrected chi connectivity index (χ3v) is 2.16. The summed E-state index contributed by atoms with van der Waals surface area (Å²) in [7, 11) is 0. The van der Waals surface area contributed by atoms with Crippen molar-refractivity contribution in [3.8, 4) is 0 Å². The van der Waals surface area contributed by atoms with E-state index in [-0.39, 0.29) is 5.78 Å². The maximum Gasteiger partial charge on any atom is 0.188 e. The number of allylic oxidation sites excluding steroid dienone is 2. The lowest BCUT2D eigenvalue weighted by Gasteiger charge is -2.02. The Morgan fingerprint density at radius 2 is 1.86 bits per heavy atom. The number of rotatable bonds is 4. The van der Waals surface area contributed by atoms with Crippen LogP contribution in [0.5, 0.6) is 0 Å². The van der Waals surface area contributed by atoms with E-state index in [4.69, 9.17) is 0 Å². The molecule has 0 spiro atoms. The Labute approximate surface area is 85.5 Å². The molecule has 0 amide bonds. The molecule has 0 aromatic heterocycles. The Bertz CT molecular complexity index is 322. The van der Waals surface area contributed by atoms with Gasteiger partial charge in [0.15, 0.2) is 5.78 Å². The molecule has 0 heterocycles. The first-order chi connectivity index (χ1) is 6.79. The van der Waals surface area contributed by atoms with Crippen molar-refractivity contribution in [2.75, 3.05) is 0 Å². The third-order valence-electron chi connectivity index (χ3n) is 2.16. The summed E-state index contributed by atoms with van der Waals surface area (Å²) < 4.78 is 0. The second kappa shape index (κ2) is 5.38. The number of carbonyl (C=O) groups excluding carboxylic acids is 1. The van der Waals surface area contributed by atoms with Gasteiger partial charge in [-0.1, -0.05) is 50.3 Å².